The molecule has 182 valence electrons. The molecule has 1 aromatic carbocycles. The molecule has 4 N–H and O–H groups in total. The maximum absolute atomic E-state index is 12.2. The minimum atomic E-state index is -4.47. The first kappa shape index (κ1) is 23.7. The molecule has 0 saturated carbocycles. The molecule has 4 rings (SSSR count). The molecule has 1 unspecified atom stereocenters. The molecule has 1 atom stereocenters. The van der Waals surface area contributed by atoms with Crippen LogP contribution in [0.2, 0.25) is 0 Å². The van der Waals surface area contributed by atoms with E-state index in [9.17, 15) is 22.8 Å². The van der Waals surface area contributed by atoms with Gasteiger partial charge in [-0.2, -0.15) is 23.1 Å². The van der Waals surface area contributed by atoms with Crippen LogP contribution in [0, 0.1) is 0 Å². The lowest BCUT2D eigenvalue weighted by atomic mass is 10.2. The van der Waals surface area contributed by atoms with Crippen LogP contribution in [-0.2, 0) is 4.79 Å². The third-order valence-corrected chi connectivity index (χ3v) is 4.68. The zero-order valence-corrected chi connectivity index (χ0v) is 17.9. The summed E-state index contributed by atoms with van der Waals surface area (Å²) in [6.07, 6.45) is -1.79. The molecule has 2 amide bonds. The second-order valence-electron chi connectivity index (χ2n) is 7.33. The largest absolute Gasteiger partial charge is 0.481 e. The van der Waals surface area contributed by atoms with E-state index >= 15 is 0 Å². The lowest BCUT2D eigenvalue weighted by molar-refractivity contribution is -0.153. The molecule has 11 nitrogen and oxygen atoms in total. The smallest absolute Gasteiger partial charge is 0.422 e. The molecule has 3 heterocycles. The minimum Gasteiger partial charge on any atom is -0.481 e. The summed E-state index contributed by atoms with van der Waals surface area (Å²) in [7, 11) is 0. The van der Waals surface area contributed by atoms with Crippen molar-refractivity contribution in [2.24, 2.45) is 5.73 Å². The van der Waals surface area contributed by atoms with Crippen molar-refractivity contribution >= 4 is 17.6 Å². The standard InChI is InChI=1S/C21H18F3N7O4/c22-21(23,24)10-34-13-8-27-20(28-9-13)35-12-3-1-11(2-4-12)18-30-15(17(25)32)7-16(31-18)29-14-5-6-26-19(14)33/h1-4,7-9,14H,5-6,10H2,(H2,25,32)(H,26,33)(H,29,30,31). The number of ether oxygens (including phenoxy) is 2. The van der Waals surface area contributed by atoms with Gasteiger partial charge in [0.05, 0.1) is 12.4 Å². The Labute approximate surface area is 195 Å². The number of amides is 2. The Morgan fingerprint density at radius 3 is 2.46 bits per heavy atom. The summed E-state index contributed by atoms with van der Waals surface area (Å²) >= 11 is 0. The van der Waals surface area contributed by atoms with Crippen molar-refractivity contribution in [3.05, 3.63) is 48.4 Å². The number of alkyl halides is 3. The fourth-order valence-electron chi connectivity index (χ4n) is 3.06. The van der Waals surface area contributed by atoms with Crippen LogP contribution < -0.4 is 25.8 Å². The minimum absolute atomic E-state index is 0.0301. The summed E-state index contributed by atoms with van der Waals surface area (Å²) in [6.45, 7) is -0.923. The van der Waals surface area contributed by atoms with E-state index in [2.05, 4.69) is 35.3 Å². The van der Waals surface area contributed by atoms with Crippen LogP contribution in [0.5, 0.6) is 17.5 Å². The molecule has 0 spiro atoms. The lowest BCUT2D eigenvalue weighted by Gasteiger charge is -2.13. The van der Waals surface area contributed by atoms with Crippen LogP contribution in [-0.4, -0.2) is 57.1 Å². The predicted octanol–water partition coefficient (Wildman–Crippen LogP) is 2.07. The van der Waals surface area contributed by atoms with Crippen LogP contribution in [0.25, 0.3) is 11.4 Å². The summed E-state index contributed by atoms with van der Waals surface area (Å²) in [5.41, 5.74) is 5.89. The number of nitrogens with one attached hydrogen (secondary N) is 2. The van der Waals surface area contributed by atoms with Gasteiger partial charge in [-0.25, -0.2) is 9.97 Å². The topological polar surface area (TPSA) is 154 Å². The van der Waals surface area contributed by atoms with Crippen molar-refractivity contribution in [3.8, 4) is 28.9 Å². The van der Waals surface area contributed by atoms with Crippen LogP contribution >= 0.6 is 0 Å². The molecule has 1 aliphatic heterocycles. The summed E-state index contributed by atoms with van der Waals surface area (Å²) < 4.78 is 46.7. The number of halogens is 3. The normalized spacial score (nSPS) is 15.4. The number of carbonyl (C=O) groups excluding carboxylic acids is 2. The Hall–Kier alpha value is -4.49. The number of carbonyl (C=O) groups is 2. The van der Waals surface area contributed by atoms with Gasteiger partial charge in [0.25, 0.3) is 5.91 Å². The first-order valence-corrected chi connectivity index (χ1v) is 10.2. The second-order valence-corrected chi connectivity index (χ2v) is 7.33. The molecular formula is C21H18F3N7O4. The van der Waals surface area contributed by atoms with Gasteiger partial charge in [-0.15, -0.1) is 0 Å². The van der Waals surface area contributed by atoms with Crippen LogP contribution in [0.1, 0.15) is 16.9 Å². The van der Waals surface area contributed by atoms with Crippen LogP contribution in [0.4, 0.5) is 19.0 Å². The SMILES string of the molecule is NC(=O)c1cc(NC2CCNC2=O)nc(-c2ccc(Oc3ncc(OCC(F)(F)F)cn3)cc2)n1. The number of benzene rings is 1. The molecule has 2 aromatic heterocycles. The fourth-order valence-corrected chi connectivity index (χ4v) is 3.06. The fraction of sp³-hybridized carbons (Fsp3) is 0.238. The van der Waals surface area contributed by atoms with Crippen molar-refractivity contribution in [3.63, 3.8) is 0 Å². The first-order chi connectivity index (χ1) is 16.7. The Kier molecular flexibility index (Phi) is 6.62. The van der Waals surface area contributed by atoms with Gasteiger partial charge in [0.15, 0.2) is 18.2 Å². The lowest BCUT2D eigenvalue weighted by Crippen LogP contribution is -2.30. The van der Waals surface area contributed by atoms with Crippen molar-refractivity contribution < 1.29 is 32.2 Å². The van der Waals surface area contributed by atoms with Gasteiger partial charge in [-0.3, -0.25) is 9.59 Å². The average Bonchev–Trinajstić information content (AvgIpc) is 3.22. The third-order valence-electron chi connectivity index (χ3n) is 4.68. The zero-order valence-electron chi connectivity index (χ0n) is 17.9. The number of nitrogens with two attached hydrogens (primary N) is 1. The van der Waals surface area contributed by atoms with E-state index in [4.69, 9.17) is 10.5 Å². The molecule has 1 aliphatic rings. The average molecular weight is 489 g/mol. The van der Waals surface area contributed by atoms with E-state index in [1.54, 1.807) is 24.3 Å². The number of rotatable bonds is 8. The number of hydrogen-bond acceptors (Lipinski definition) is 9. The Balaban J connectivity index is 1.47. The highest BCUT2D eigenvalue weighted by Crippen LogP contribution is 2.25. The summed E-state index contributed by atoms with van der Waals surface area (Å²) in [4.78, 5) is 39.7. The number of anilines is 1. The van der Waals surface area contributed by atoms with Crippen molar-refractivity contribution in [2.75, 3.05) is 18.5 Å². The summed E-state index contributed by atoms with van der Waals surface area (Å²) in [5, 5.41) is 5.68. The quantitative estimate of drug-likeness (QED) is 0.431. The van der Waals surface area contributed by atoms with E-state index in [0.29, 0.717) is 24.3 Å². The number of primary amides is 1. The Morgan fingerprint density at radius 1 is 1.14 bits per heavy atom. The van der Waals surface area contributed by atoms with Gasteiger partial charge >= 0.3 is 12.2 Å². The van der Waals surface area contributed by atoms with Crippen molar-refractivity contribution in [2.45, 2.75) is 18.6 Å². The molecule has 0 radical (unpaired) electrons. The Bertz CT molecular complexity index is 1220. The molecule has 1 saturated heterocycles. The monoisotopic (exact) mass is 489 g/mol. The highest BCUT2D eigenvalue weighted by Gasteiger charge is 2.28. The number of aromatic nitrogens is 4. The van der Waals surface area contributed by atoms with E-state index in [1.807, 2.05) is 0 Å². The van der Waals surface area contributed by atoms with Gasteiger partial charge < -0.3 is 25.8 Å². The van der Waals surface area contributed by atoms with E-state index in [-0.39, 0.29) is 35.0 Å². The van der Waals surface area contributed by atoms with Gasteiger partial charge in [0, 0.05) is 18.2 Å². The highest BCUT2D eigenvalue weighted by atomic mass is 19.4. The second kappa shape index (κ2) is 9.79. The van der Waals surface area contributed by atoms with E-state index in [1.165, 1.54) is 6.07 Å². The highest BCUT2D eigenvalue weighted by molar-refractivity contribution is 5.92. The van der Waals surface area contributed by atoms with Crippen molar-refractivity contribution in [1.82, 2.24) is 25.3 Å². The maximum atomic E-state index is 12.2. The van der Waals surface area contributed by atoms with Gasteiger partial charge in [-0.1, -0.05) is 0 Å². The maximum Gasteiger partial charge on any atom is 0.422 e. The first-order valence-electron chi connectivity index (χ1n) is 10.2. The van der Waals surface area contributed by atoms with Gasteiger partial charge in [0.1, 0.15) is 23.3 Å². The van der Waals surface area contributed by atoms with Gasteiger partial charge in [0.2, 0.25) is 5.91 Å². The third kappa shape index (κ3) is 6.31. The van der Waals surface area contributed by atoms with Crippen LogP contribution in [0.15, 0.2) is 42.7 Å². The summed E-state index contributed by atoms with van der Waals surface area (Å²) in [5.74, 6) is -0.300. The van der Waals surface area contributed by atoms with Crippen molar-refractivity contribution in [1.29, 1.82) is 0 Å². The van der Waals surface area contributed by atoms with Crippen LogP contribution in [0.3, 0.4) is 0 Å². The molecule has 1 fully saturated rings. The summed E-state index contributed by atoms with van der Waals surface area (Å²) in [6, 6.07) is 7.12. The predicted molar refractivity (Wildman–Crippen MR) is 115 cm³/mol. The number of nitrogens with zero attached hydrogens (tertiary/aromatic N) is 4. The van der Waals surface area contributed by atoms with Gasteiger partial charge in [-0.05, 0) is 30.7 Å². The zero-order chi connectivity index (χ0) is 25.0. The molecular weight excluding hydrogens is 471 g/mol. The Morgan fingerprint density at radius 2 is 1.86 bits per heavy atom. The molecule has 35 heavy (non-hydrogen) atoms. The molecule has 0 aliphatic carbocycles. The molecule has 0 bridgehead atoms. The molecule has 3 aromatic rings. The molecule has 14 heteroatoms. The van der Waals surface area contributed by atoms with E-state index < -0.39 is 24.7 Å². The number of hydrogen-bond donors (Lipinski definition) is 3. The van der Waals surface area contributed by atoms with E-state index in [0.717, 1.165) is 12.4 Å².